The van der Waals surface area contributed by atoms with Crippen LogP contribution < -0.4 is 5.32 Å². The maximum atomic E-state index is 11.6. The van der Waals surface area contributed by atoms with Crippen LogP contribution in [0.1, 0.15) is 42.4 Å². The van der Waals surface area contributed by atoms with Gasteiger partial charge in [-0.2, -0.15) is 0 Å². The van der Waals surface area contributed by atoms with Crippen LogP contribution >= 0.6 is 0 Å². The molecule has 2 heterocycles. The molecule has 31 heavy (non-hydrogen) atoms. The first-order valence-corrected chi connectivity index (χ1v) is 11.5. The molecule has 5 rings (SSSR count). The van der Waals surface area contributed by atoms with Crippen molar-refractivity contribution in [3.63, 3.8) is 0 Å². The third kappa shape index (κ3) is 4.40. The molecule has 164 valence electrons. The molecule has 0 aromatic heterocycles. The molecule has 1 aliphatic carbocycles. The highest BCUT2D eigenvalue weighted by Crippen LogP contribution is 2.40. The SMILES string of the molecule is COCC(=O)NC[C@H]1CCC2(CCN(Cc3ccc4c(c3)Cc3ccccc3-4)CC2)O1. The number of amides is 1. The maximum Gasteiger partial charge on any atom is 0.246 e. The van der Waals surface area contributed by atoms with Gasteiger partial charge in [-0.05, 0) is 59.9 Å². The summed E-state index contributed by atoms with van der Waals surface area (Å²) in [5.74, 6) is -0.0701. The number of hydrogen-bond acceptors (Lipinski definition) is 4. The predicted molar refractivity (Wildman–Crippen MR) is 121 cm³/mol. The molecular weight excluding hydrogens is 388 g/mol. The molecule has 0 saturated carbocycles. The van der Waals surface area contributed by atoms with E-state index in [9.17, 15) is 4.79 Å². The molecule has 0 unspecified atom stereocenters. The van der Waals surface area contributed by atoms with Crippen molar-refractivity contribution in [1.29, 1.82) is 0 Å². The summed E-state index contributed by atoms with van der Waals surface area (Å²) in [6.45, 7) is 3.85. The highest BCUT2D eigenvalue weighted by Gasteiger charge is 2.42. The molecule has 2 fully saturated rings. The van der Waals surface area contributed by atoms with Crippen molar-refractivity contribution in [2.75, 3.05) is 33.4 Å². The molecule has 2 aromatic carbocycles. The summed E-state index contributed by atoms with van der Waals surface area (Å²) >= 11 is 0. The summed E-state index contributed by atoms with van der Waals surface area (Å²) in [6, 6.07) is 15.8. The summed E-state index contributed by atoms with van der Waals surface area (Å²) < 4.78 is 11.3. The zero-order valence-electron chi connectivity index (χ0n) is 18.4. The van der Waals surface area contributed by atoms with E-state index in [2.05, 4.69) is 52.7 Å². The molecule has 2 aliphatic heterocycles. The minimum absolute atomic E-state index is 0.00668. The van der Waals surface area contributed by atoms with Crippen LogP contribution in [0.2, 0.25) is 0 Å². The molecule has 0 bridgehead atoms. The number of benzene rings is 2. The van der Waals surface area contributed by atoms with E-state index >= 15 is 0 Å². The normalized spacial score (nSPS) is 21.8. The van der Waals surface area contributed by atoms with E-state index in [0.717, 1.165) is 51.7 Å². The van der Waals surface area contributed by atoms with Gasteiger partial charge < -0.3 is 14.8 Å². The number of piperidine rings is 1. The van der Waals surface area contributed by atoms with Gasteiger partial charge in [-0.3, -0.25) is 9.69 Å². The quantitative estimate of drug-likeness (QED) is 0.663. The van der Waals surface area contributed by atoms with Crippen molar-refractivity contribution in [2.45, 2.75) is 50.4 Å². The number of nitrogens with one attached hydrogen (secondary N) is 1. The average Bonchev–Trinajstić information content (AvgIpc) is 3.35. The minimum atomic E-state index is -0.0701. The Labute approximate surface area is 184 Å². The van der Waals surface area contributed by atoms with Gasteiger partial charge >= 0.3 is 0 Å². The first kappa shape index (κ1) is 20.7. The highest BCUT2D eigenvalue weighted by atomic mass is 16.5. The number of rotatable bonds is 6. The molecule has 0 radical (unpaired) electrons. The summed E-state index contributed by atoms with van der Waals surface area (Å²) in [7, 11) is 1.54. The van der Waals surface area contributed by atoms with Crippen LogP contribution in [-0.4, -0.2) is 55.9 Å². The fourth-order valence-corrected chi connectivity index (χ4v) is 5.49. The fourth-order valence-electron chi connectivity index (χ4n) is 5.49. The second kappa shape index (κ2) is 8.73. The zero-order chi connectivity index (χ0) is 21.3. The number of methoxy groups -OCH3 is 1. The lowest BCUT2D eigenvalue weighted by atomic mass is 9.88. The first-order chi connectivity index (χ1) is 15.1. The Bertz CT molecular complexity index is 949. The number of nitrogens with zero attached hydrogens (tertiary/aromatic N) is 1. The summed E-state index contributed by atoms with van der Waals surface area (Å²) in [5.41, 5.74) is 7.13. The zero-order valence-corrected chi connectivity index (χ0v) is 18.4. The average molecular weight is 421 g/mol. The van der Waals surface area contributed by atoms with E-state index in [4.69, 9.17) is 9.47 Å². The first-order valence-electron chi connectivity index (χ1n) is 11.5. The molecule has 2 aromatic rings. The van der Waals surface area contributed by atoms with E-state index in [0.29, 0.717) is 6.54 Å². The van der Waals surface area contributed by atoms with Crippen molar-refractivity contribution >= 4 is 5.91 Å². The topological polar surface area (TPSA) is 50.8 Å². The molecule has 1 amide bonds. The number of carbonyl (C=O) groups excluding carboxylic acids is 1. The van der Waals surface area contributed by atoms with E-state index in [1.807, 2.05) is 0 Å². The Hall–Kier alpha value is -2.21. The Kier molecular flexibility index (Phi) is 5.83. The molecule has 1 N–H and O–H groups in total. The third-order valence-corrected chi connectivity index (χ3v) is 7.17. The largest absolute Gasteiger partial charge is 0.375 e. The van der Waals surface area contributed by atoms with E-state index in [1.165, 1.54) is 34.9 Å². The van der Waals surface area contributed by atoms with Crippen molar-refractivity contribution in [3.8, 4) is 11.1 Å². The van der Waals surface area contributed by atoms with Crippen LogP contribution in [-0.2, 0) is 27.2 Å². The maximum absolute atomic E-state index is 11.6. The molecule has 2 saturated heterocycles. The summed E-state index contributed by atoms with van der Waals surface area (Å²) in [6.07, 6.45) is 5.46. The fraction of sp³-hybridized carbons (Fsp3) is 0.500. The monoisotopic (exact) mass is 420 g/mol. The van der Waals surface area contributed by atoms with Crippen LogP contribution in [0.25, 0.3) is 11.1 Å². The van der Waals surface area contributed by atoms with Crippen LogP contribution in [0, 0.1) is 0 Å². The summed E-state index contributed by atoms with van der Waals surface area (Å²) in [4.78, 5) is 14.2. The number of likely N-dealkylation sites (tertiary alicyclic amines) is 1. The number of fused-ring (bicyclic) bond motifs is 3. The molecule has 1 spiro atoms. The third-order valence-electron chi connectivity index (χ3n) is 7.17. The van der Waals surface area contributed by atoms with Gasteiger partial charge in [0.2, 0.25) is 5.91 Å². The van der Waals surface area contributed by atoms with Gasteiger partial charge in [0.25, 0.3) is 0 Å². The Morgan fingerprint density at radius 2 is 1.94 bits per heavy atom. The van der Waals surface area contributed by atoms with Crippen LogP contribution in [0.5, 0.6) is 0 Å². The van der Waals surface area contributed by atoms with Crippen molar-refractivity contribution in [2.24, 2.45) is 0 Å². The molecule has 5 nitrogen and oxygen atoms in total. The van der Waals surface area contributed by atoms with Crippen molar-refractivity contribution in [3.05, 3.63) is 59.2 Å². The van der Waals surface area contributed by atoms with Crippen molar-refractivity contribution < 1.29 is 14.3 Å². The van der Waals surface area contributed by atoms with E-state index in [-0.39, 0.29) is 24.2 Å². The Morgan fingerprint density at radius 3 is 2.77 bits per heavy atom. The van der Waals surface area contributed by atoms with Crippen LogP contribution in [0.3, 0.4) is 0 Å². The smallest absolute Gasteiger partial charge is 0.246 e. The Balaban J connectivity index is 1.13. The van der Waals surface area contributed by atoms with Gasteiger partial charge in [-0.1, -0.05) is 42.5 Å². The molecule has 3 aliphatic rings. The number of carbonyl (C=O) groups is 1. The standard InChI is InChI=1S/C26H32N2O3/c1-30-18-25(29)27-16-22-8-9-26(31-22)10-12-28(13-11-26)17-19-6-7-24-21(14-19)15-20-4-2-3-5-23(20)24/h2-7,14,22H,8-13,15-18H2,1H3,(H,27,29)/t22-/m1/s1. The lowest BCUT2D eigenvalue weighted by Crippen LogP contribution is -2.45. The van der Waals surface area contributed by atoms with Gasteiger partial charge in [0, 0.05) is 33.3 Å². The van der Waals surface area contributed by atoms with Crippen LogP contribution in [0.15, 0.2) is 42.5 Å². The van der Waals surface area contributed by atoms with Crippen LogP contribution in [0.4, 0.5) is 0 Å². The molecule has 1 atom stereocenters. The second-order valence-electron chi connectivity index (χ2n) is 9.30. The van der Waals surface area contributed by atoms with Gasteiger partial charge in [0.05, 0.1) is 11.7 Å². The highest BCUT2D eigenvalue weighted by molar-refractivity contribution is 5.77. The number of hydrogen-bond donors (Lipinski definition) is 1. The van der Waals surface area contributed by atoms with Gasteiger partial charge in [0.1, 0.15) is 6.61 Å². The lowest BCUT2D eigenvalue weighted by molar-refractivity contribution is -0.126. The molecule has 5 heteroatoms. The van der Waals surface area contributed by atoms with Crippen molar-refractivity contribution in [1.82, 2.24) is 10.2 Å². The lowest BCUT2D eigenvalue weighted by Gasteiger charge is -2.39. The van der Waals surface area contributed by atoms with Gasteiger partial charge in [-0.15, -0.1) is 0 Å². The second-order valence-corrected chi connectivity index (χ2v) is 9.30. The predicted octanol–water partition coefficient (Wildman–Crippen LogP) is 3.53. The van der Waals surface area contributed by atoms with Gasteiger partial charge in [-0.25, -0.2) is 0 Å². The van der Waals surface area contributed by atoms with Gasteiger partial charge in [0.15, 0.2) is 0 Å². The van der Waals surface area contributed by atoms with E-state index in [1.54, 1.807) is 0 Å². The Morgan fingerprint density at radius 1 is 1.13 bits per heavy atom. The number of ether oxygens (including phenoxy) is 2. The minimum Gasteiger partial charge on any atom is -0.375 e. The van der Waals surface area contributed by atoms with E-state index < -0.39 is 0 Å². The summed E-state index contributed by atoms with van der Waals surface area (Å²) in [5, 5.41) is 2.92. The molecular formula is C26H32N2O3.